The van der Waals surface area contributed by atoms with Gasteiger partial charge in [-0.15, -0.1) is 0 Å². The summed E-state index contributed by atoms with van der Waals surface area (Å²) < 4.78 is 1.93. The number of para-hydroxylation sites is 1. The lowest BCUT2D eigenvalue weighted by Gasteiger charge is -2.05. The third kappa shape index (κ3) is 1.29. The van der Waals surface area contributed by atoms with Gasteiger partial charge in [0.25, 0.3) is 0 Å². The third-order valence-electron chi connectivity index (χ3n) is 2.36. The fourth-order valence-electron chi connectivity index (χ4n) is 1.66. The third-order valence-corrected chi connectivity index (χ3v) is 2.36. The van der Waals surface area contributed by atoms with Crippen LogP contribution in [0.2, 0.25) is 0 Å². The largest absolute Gasteiger partial charge is 0.305 e. The highest BCUT2D eigenvalue weighted by Gasteiger charge is 2.01. The molecule has 0 aliphatic heterocycles. The number of pyridine rings is 1. The molecule has 0 atom stereocenters. The summed E-state index contributed by atoms with van der Waals surface area (Å²) in [4.78, 5) is 8.23. The lowest BCUT2D eigenvalue weighted by molar-refractivity contribution is 1.06. The smallest absolute Gasteiger partial charge is 0.109 e. The van der Waals surface area contributed by atoms with Crippen molar-refractivity contribution in [2.45, 2.75) is 0 Å². The number of fused-ring (bicyclic) bond motifs is 1. The molecule has 1 radical (unpaired) electrons. The highest BCUT2D eigenvalue weighted by atomic mass is 15.0. The molecular formula is C12H8N3. The number of nitrogens with zero attached hydrogens (tertiary/aromatic N) is 3. The molecule has 0 saturated heterocycles. The number of hydrogen-bond acceptors (Lipinski definition) is 2. The van der Waals surface area contributed by atoms with Crippen LogP contribution in [0.15, 0.2) is 49.1 Å². The summed E-state index contributed by atoms with van der Waals surface area (Å²) in [6, 6.07) is 10.0. The van der Waals surface area contributed by atoms with E-state index < -0.39 is 0 Å². The van der Waals surface area contributed by atoms with Crippen LogP contribution in [0.1, 0.15) is 0 Å². The molecule has 71 valence electrons. The van der Waals surface area contributed by atoms with Gasteiger partial charge in [-0.2, -0.15) is 0 Å². The van der Waals surface area contributed by atoms with E-state index in [1.165, 1.54) is 0 Å². The van der Waals surface area contributed by atoms with E-state index in [2.05, 4.69) is 22.2 Å². The van der Waals surface area contributed by atoms with Crippen molar-refractivity contribution in [1.29, 1.82) is 0 Å². The molecule has 0 aliphatic carbocycles. The van der Waals surface area contributed by atoms with Gasteiger partial charge in [-0.05, 0) is 12.1 Å². The van der Waals surface area contributed by atoms with E-state index in [-0.39, 0.29) is 0 Å². The predicted molar refractivity (Wildman–Crippen MR) is 57.7 cm³/mol. The number of hydrogen-bond donors (Lipinski definition) is 0. The van der Waals surface area contributed by atoms with Crippen LogP contribution >= 0.6 is 0 Å². The zero-order valence-electron chi connectivity index (χ0n) is 7.96. The topological polar surface area (TPSA) is 30.7 Å². The average molecular weight is 194 g/mol. The molecular weight excluding hydrogens is 186 g/mol. The van der Waals surface area contributed by atoms with E-state index >= 15 is 0 Å². The second kappa shape index (κ2) is 3.20. The van der Waals surface area contributed by atoms with Gasteiger partial charge in [0.2, 0.25) is 0 Å². The molecule has 15 heavy (non-hydrogen) atoms. The van der Waals surface area contributed by atoms with Crippen molar-refractivity contribution in [3.05, 3.63) is 55.2 Å². The van der Waals surface area contributed by atoms with Crippen LogP contribution in [0, 0.1) is 6.20 Å². The first-order valence-corrected chi connectivity index (χ1v) is 4.69. The van der Waals surface area contributed by atoms with Crippen molar-refractivity contribution in [1.82, 2.24) is 14.5 Å². The summed E-state index contributed by atoms with van der Waals surface area (Å²) >= 11 is 0. The van der Waals surface area contributed by atoms with Crippen LogP contribution < -0.4 is 0 Å². The van der Waals surface area contributed by atoms with Gasteiger partial charge in [0, 0.05) is 17.8 Å². The molecule has 3 aromatic rings. The molecule has 0 bridgehead atoms. The molecule has 1 aromatic carbocycles. The maximum absolute atomic E-state index is 4.31. The molecule has 0 unspecified atom stereocenters. The zero-order chi connectivity index (χ0) is 10.1. The predicted octanol–water partition coefficient (Wildman–Crippen LogP) is 2.22. The minimum absolute atomic E-state index is 0.990. The van der Waals surface area contributed by atoms with Gasteiger partial charge in [-0.1, -0.05) is 18.2 Å². The van der Waals surface area contributed by atoms with Gasteiger partial charge in [-0.25, -0.2) is 4.98 Å². The Morgan fingerprint density at radius 2 is 2.07 bits per heavy atom. The highest BCUT2D eigenvalue weighted by molar-refractivity contribution is 5.86. The molecule has 3 rings (SSSR count). The molecule has 0 amide bonds. The molecule has 3 nitrogen and oxygen atoms in total. The van der Waals surface area contributed by atoms with E-state index in [0.29, 0.717) is 0 Å². The van der Waals surface area contributed by atoms with E-state index in [0.717, 1.165) is 16.6 Å². The van der Waals surface area contributed by atoms with Crippen molar-refractivity contribution in [3.8, 4) is 5.69 Å². The zero-order valence-corrected chi connectivity index (χ0v) is 7.96. The summed E-state index contributed by atoms with van der Waals surface area (Å²) in [5.41, 5.74) is 2.07. The molecule has 0 N–H and O–H groups in total. The highest BCUT2D eigenvalue weighted by Crippen LogP contribution is 2.19. The van der Waals surface area contributed by atoms with Gasteiger partial charge in [0.15, 0.2) is 0 Å². The summed E-state index contributed by atoms with van der Waals surface area (Å²) in [5, 5.41) is 1.12. The van der Waals surface area contributed by atoms with Gasteiger partial charge in [0.05, 0.1) is 17.5 Å². The summed E-state index contributed by atoms with van der Waals surface area (Å²) in [7, 11) is 0. The van der Waals surface area contributed by atoms with Gasteiger partial charge in [-0.3, -0.25) is 4.98 Å². The first kappa shape index (κ1) is 8.17. The molecule has 0 spiro atoms. The monoisotopic (exact) mass is 194 g/mol. The van der Waals surface area contributed by atoms with Crippen LogP contribution in [-0.4, -0.2) is 14.5 Å². The van der Waals surface area contributed by atoms with Crippen LogP contribution in [0.25, 0.3) is 16.6 Å². The number of benzene rings is 1. The normalized spacial score (nSPS) is 10.7. The Labute approximate surface area is 87.0 Å². The van der Waals surface area contributed by atoms with Crippen molar-refractivity contribution in [2.75, 3.05) is 0 Å². The quantitative estimate of drug-likeness (QED) is 0.594. The Morgan fingerprint density at radius 3 is 2.93 bits per heavy atom. The molecule has 0 fully saturated rings. The Hall–Kier alpha value is -2.16. The van der Waals surface area contributed by atoms with Crippen molar-refractivity contribution >= 4 is 10.9 Å². The minimum Gasteiger partial charge on any atom is -0.305 e. The van der Waals surface area contributed by atoms with Crippen molar-refractivity contribution in [3.63, 3.8) is 0 Å². The average Bonchev–Trinajstić information content (AvgIpc) is 2.82. The summed E-state index contributed by atoms with van der Waals surface area (Å²) in [6.45, 7) is 0. The van der Waals surface area contributed by atoms with E-state index in [9.17, 15) is 0 Å². The minimum atomic E-state index is 0.990. The molecule has 0 aliphatic rings. The molecule has 2 heterocycles. The van der Waals surface area contributed by atoms with E-state index in [4.69, 9.17) is 0 Å². The first-order chi connectivity index (χ1) is 7.45. The number of rotatable bonds is 1. The Kier molecular flexibility index (Phi) is 1.75. The molecule has 0 saturated carbocycles. The standard InChI is InChI=1S/C12H8N3/c1-2-4-11-10(3-1)12(5-6-14-11)15-8-7-13-9-15/h1-6,8-9H. The first-order valence-electron chi connectivity index (χ1n) is 4.69. The Bertz CT molecular complexity index is 579. The van der Waals surface area contributed by atoms with Crippen LogP contribution in [0.5, 0.6) is 0 Å². The van der Waals surface area contributed by atoms with Crippen molar-refractivity contribution in [2.24, 2.45) is 0 Å². The Morgan fingerprint density at radius 1 is 1.13 bits per heavy atom. The van der Waals surface area contributed by atoms with Gasteiger partial charge >= 0.3 is 0 Å². The fraction of sp³-hybridized carbons (Fsp3) is 0. The SMILES string of the molecule is [c]1cn(-c2ccnc3ccccc23)cn1. The lowest BCUT2D eigenvalue weighted by Crippen LogP contribution is -1.92. The maximum atomic E-state index is 4.31. The second-order valence-electron chi connectivity index (χ2n) is 3.26. The molecule has 2 aromatic heterocycles. The maximum Gasteiger partial charge on any atom is 0.109 e. The fourth-order valence-corrected chi connectivity index (χ4v) is 1.66. The van der Waals surface area contributed by atoms with Crippen LogP contribution in [0.3, 0.4) is 0 Å². The number of aromatic nitrogens is 3. The summed E-state index contributed by atoms with van der Waals surface area (Å²) in [6.07, 6.45) is 8.13. The summed E-state index contributed by atoms with van der Waals surface area (Å²) in [5.74, 6) is 0. The Balaban J connectivity index is 2.36. The second-order valence-corrected chi connectivity index (χ2v) is 3.26. The van der Waals surface area contributed by atoms with E-state index in [1.54, 1.807) is 12.5 Å². The van der Waals surface area contributed by atoms with Crippen LogP contribution in [0.4, 0.5) is 0 Å². The lowest BCUT2D eigenvalue weighted by atomic mass is 10.2. The van der Waals surface area contributed by atoms with E-state index in [1.807, 2.05) is 35.0 Å². The van der Waals surface area contributed by atoms with Crippen molar-refractivity contribution < 1.29 is 0 Å². The van der Waals surface area contributed by atoms with Gasteiger partial charge in [0.1, 0.15) is 6.20 Å². The van der Waals surface area contributed by atoms with Gasteiger partial charge < -0.3 is 4.57 Å². The van der Waals surface area contributed by atoms with Crippen LogP contribution in [-0.2, 0) is 0 Å². The number of imidazole rings is 1. The molecule has 3 heteroatoms.